The van der Waals surface area contributed by atoms with Gasteiger partial charge in [0.1, 0.15) is 35.9 Å². The number of amides is 1. The Balaban J connectivity index is 1.64. The number of carbonyl (C=O) groups is 1. The van der Waals surface area contributed by atoms with Crippen LogP contribution in [0.1, 0.15) is 22.7 Å². The highest BCUT2D eigenvalue weighted by Crippen LogP contribution is 2.19. The summed E-state index contributed by atoms with van der Waals surface area (Å²) < 4.78 is 63.9. The summed E-state index contributed by atoms with van der Waals surface area (Å²) in [6, 6.07) is 17.4. The fourth-order valence-electron chi connectivity index (χ4n) is 3.03. The highest BCUT2D eigenvalue weighted by Gasteiger charge is 2.24. The first-order valence-electron chi connectivity index (χ1n) is 9.88. The molecular weight excluding hydrogens is 454 g/mol. The van der Waals surface area contributed by atoms with E-state index in [0.717, 1.165) is 5.56 Å². The van der Waals surface area contributed by atoms with E-state index in [9.17, 15) is 22.0 Å². The van der Waals surface area contributed by atoms with Gasteiger partial charge >= 0.3 is 0 Å². The Morgan fingerprint density at radius 2 is 1.70 bits per heavy atom. The third-order valence-electron chi connectivity index (χ3n) is 4.64. The van der Waals surface area contributed by atoms with Gasteiger partial charge in [-0.25, -0.2) is 8.78 Å². The lowest BCUT2D eigenvalue weighted by molar-refractivity contribution is -0.123. The third kappa shape index (κ3) is 7.63. The predicted molar refractivity (Wildman–Crippen MR) is 118 cm³/mol. The standard InChI is InChI=1S/C23H22F2N2O5S/c24-18-5-3-4-17(12-18)14-32-19-10-8-16(9-11-19)13-26-22(20-6-1-2-7-21(20)25)23(28)27-15-33(29,30)31/h1-12,22,26H,13-15H2,(H,27,28)(H,29,30,31). The van der Waals surface area contributed by atoms with Crippen LogP contribution in [-0.4, -0.2) is 24.8 Å². The van der Waals surface area contributed by atoms with Crippen LogP contribution in [0.4, 0.5) is 8.78 Å². The molecule has 0 bridgehead atoms. The Kier molecular flexibility index (Phi) is 8.10. The summed E-state index contributed by atoms with van der Waals surface area (Å²) in [5.74, 6) is -2.23. The largest absolute Gasteiger partial charge is 0.489 e. The first-order valence-corrected chi connectivity index (χ1v) is 11.5. The van der Waals surface area contributed by atoms with Gasteiger partial charge in [0.25, 0.3) is 10.1 Å². The molecule has 3 rings (SSSR count). The van der Waals surface area contributed by atoms with Gasteiger partial charge in [0, 0.05) is 12.1 Å². The fourth-order valence-corrected chi connectivity index (χ4v) is 3.36. The van der Waals surface area contributed by atoms with Gasteiger partial charge in [-0.2, -0.15) is 8.42 Å². The van der Waals surface area contributed by atoms with Gasteiger partial charge in [0.2, 0.25) is 5.91 Å². The molecule has 174 valence electrons. The number of nitrogens with one attached hydrogen (secondary N) is 2. The van der Waals surface area contributed by atoms with E-state index in [1.165, 1.54) is 30.3 Å². The van der Waals surface area contributed by atoms with E-state index >= 15 is 0 Å². The van der Waals surface area contributed by atoms with Crippen molar-refractivity contribution in [3.63, 3.8) is 0 Å². The molecule has 0 fully saturated rings. The molecule has 10 heteroatoms. The molecule has 3 aromatic rings. The van der Waals surface area contributed by atoms with Crippen LogP contribution in [-0.2, 0) is 28.1 Å². The van der Waals surface area contributed by atoms with Crippen LogP contribution in [0.5, 0.6) is 5.75 Å². The lowest BCUT2D eigenvalue weighted by Gasteiger charge is -2.19. The maximum Gasteiger partial charge on any atom is 0.283 e. The quantitative estimate of drug-likeness (QED) is 0.388. The minimum absolute atomic E-state index is 0.0281. The van der Waals surface area contributed by atoms with E-state index < -0.39 is 33.8 Å². The Morgan fingerprint density at radius 3 is 2.36 bits per heavy atom. The van der Waals surface area contributed by atoms with Crippen molar-refractivity contribution in [1.29, 1.82) is 0 Å². The molecule has 0 aliphatic carbocycles. The summed E-state index contributed by atoms with van der Waals surface area (Å²) in [5, 5.41) is 4.98. The van der Waals surface area contributed by atoms with E-state index in [1.807, 2.05) is 0 Å². The number of carbonyl (C=O) groups excluding carboxylic acids is 1. The maximum absolute atomic E-state index is 14.3. The van der Waals surface area contributed by atoms with Gasteiger partial charge in [-0.1, -0.05) is 42.5 Å². The van der Waals surface area contributed by atoms with Crippen molar-refractivity contribution in [3.05, 3.63) is 101 Å². The summed E-state index contributed by atoms with van der Waals surface area (Å²) in [5.41, 5.74) is 1.46. The SMILES string of the molecule is O=C(NCS(=O)(=O)O)C(NCc1ccc(OCc2cccc(F)c2)cc1)c1ccccc1F. The second kappa shape index (κ2) is 11.0. The van der Waals surface area contributed by atoms with Gasteiger partial charge < -0.3 is 10.1 Å². The van der Waals surface area contributed by atoms with Gasteiger partial charge in [0.05, 0.1) is 0 Å². The summed E-state index contributed by atoms with van der Waals surface area (Å²) in [6.45, 7) is 0.348. The number of hydrogen-bond acceptors (Lipinski definition) is 5. The summed E-state index contributed by atoms with van der Waals surface area (Å²) >= 11 is 0. The van der Waals surface area contributed by atoms with Crippen LogP contribution in [0.2, 0.25) is 0 Å². The number of halogens is 2. The average molecular weight is 477 g/mol. The molecular formula is C23H22F2N2O5S. The highest BCUT2D eigenvalue weighted by molar-refractivity contribution is 7.85. The second-order valence-electron chi connectivity index (χ2n) is 7.17. The van der Waals surface area contributed by atoms with Crippen molar-refractivity contribution in [2.45, 2.75) is 19.2 Å². The average Bonchev–Trinajstić information content (AvgIpc) is 2.78. The van der Waals surface area contributed by atoms with E-state index in [4.69, 9.17) is 9.29 Å². The molecule has 0 saturated heterocycles. The Labute approximate surface area is 190 Å². The topological polar surface area (TPSA) is 105 Å². The van der Waals surface area contributed by atoms with Gasteiger partial charge in [-0.15, -0.1) is 0 Å². The number of benzene rings is 3. The minimum atomic E-state index is -4.43. The first-order chi connectivity index (χ1) is 15.7. The molecule has 0 aromatic heterocycles. The van der Waals surface area contributed by atoms with Crippen molar-refractivity contribution in [1.82, 2.24) is 10.6 Å². The van der Waals surface area contributed by atoms with Crippen LogP contribution in [0, 0.1) is 11.6 Å². The summed E-state index contributed by atoms with van der Waals surface area (Å²) in [6.07, 6.45) is 0. The van der Waals surface area contributed by atoms with Crippen LogP contribution in [0.15, 0.2) is 72.8 Å². The molecule has 7 nitrogen and oxygen atoms in total. The molecule has 0 spiro atoms. The molecule has 1 amide bonds. The monoisotopic (exact) mass is 476 g/mol. The van der Waals surface area contributed by atoms with Crippen LogP contribution in [0.25, 0.3) is 0 Å². The minimum Gasteiger partial charge on any atom is -0.489 e. The van der Waals surface area contributed by atoms with Crippen molar-refractivity contribution in [2.75, 3.05) is 5.88 Å². The predicted octanol–water partition coefficient (Wildman–Crippen LogP) is 3.34. The highest BCUT2D eigenvalue weighted by atomic mass is 32.2. The van der Waals surface area contributed by atoms with E-state index in [-0.39, 0.29) is 24.5 Å². The molecule has 1 unspecified atom stereocenters. The fraction of sp³-hybridized carbons (Fsp3) is 0.174. The van der Waals surface area contributed by atoms with E-state index in [1.54, 1.807) is 42.5 Å². The zero-order valence-electron chi connectivity index (χ0n) is 17.4. The molecule has 3 N–H and O–H groups in total. The molecule has 0 radical (unpaired) electrons. The number of rotatable bonds is 10. The molecule has 33 heavy (non-hydrogen) atoms. The van der Waals surface area contributed by atoms with Crippen LogP contribution in [0.3, 0.4) is 0 Å². The second-order valence-corrected chi connectivity index (χ2v) is 8.62. The zero-order valence-corrected chi connectivity index (χ0v) is 18.2. The molecule has 1 atom stereocenters. The molecule has 0 saturated carbocycles. The number of ether oxygens (including phenoxy) is 1. The summed E-state index contributed by atoms with van der Waals surface area (Å²) in [4.78, 5) is 12.5. The molecule has 3 aromatic carbocycles. The zero-order chi connectivity index (χ0) is 23.8. The van der Waals surface area contributed by atoms with Gasteiger partial charge in [0.15, 0.2) is 0 Å². The normalized spacial score (nSPS) is 12.2. The first kappa shape index (κ1) is 24.3. The van der Waals surface area contributed by atoms with Crippen molar-refractivity contribution < 1.29 is 31.3 Å². The van der Waals surface area contributed by atoms with Crippen molar-refractivity contribution >= 4 is 16.0 Å². The number of hydrogen-bond donors (Lipinski definition) is 3. The molecule has 0 aliphatic rings. The van der Waals surface area contributed by atoms with Crippen LogP contribution < -0.4 is 15.4 Å². The van der Waals surface area contributed by atoms with Crippen molar-refractivity contribution in [3.8, 4) is 5.75 Å². The lowest BCUT2D eigenvalue weighted by Crippen LogP contribution is -2.40. The Hall–Kier alpha value is -3.34. The molecule has 0 heterocycles. The van der Waals surface area contributed by atoms with Gasteiger partial charge in [-0.3, -0.25) is 14.7 Å². The van der Waals surface area contributed by atoms with E-state index in [2.05, 4.69) is 10.6 Å². The van der Waals surface area contributed by atoms with E-state index in [0.29, 0.717) is 11.3 Å². The Morgan fingerprint density at radius 1 is 0.970 bits per heavy atom. The lowest BCUT2D eigenvalue weighted by atomic mass is 10.0. The molecule has 0 aliphatic heterocycles. The summed E-state index contributed by atoms with van der Waals surface area (Å²) in [7, 11) is -4.43. The maximum atomic E-state index is 14.3. The smallest absolute Gasteiger partial charge is 0.283 e. The van der Waals surface area contributed by atoms with Crippen LogP contribution >= 0.6 is 0 Å². The third-order valence-corrected chi connectivity index (χ3v) is 5.14. The Bertz CT molecular complexity index is 1200. The van der Waals surface area contributed by atoms with Gasteiger partial charge in [-0.05, 0) is 41.5 Å². The van der Waals surface area contributed by atoms with Crippen molar-refractivity contribution in [2.24, 2.45) is 0 Å².